The summed E-state index contributed by atoms with van der Waals surface area (Å²) >= 11 is 0. The summed E-state index contributed by atoms with van der Waals surface area (Å²) in [4.78, 5) is 23.2. The van der Waals surface area contributed by atoms with Crippen LogP contribution in [0.15, 0.2) is 42.5 Å². The summed E-state index contributed by atoms with van der Waals surface area (Å²) in [5.41, 5.74) is 2.40. The zero-order chi connectivity index (χ0) is 27.5. The molecule has 2 aromatic rings. The van der Waals surface area contributed by atoms with E-state index in [0.29, 0.717) is 71.2 Å². The highest BCUT2D eigenvalue weighted by Crippen LogP contribution is 2.36. The van der Waals surface area contributed by atoms with Crippen LogP contribution in [0.4, 0.5) is 0 Å². The lowest BCUT2D eigenvalue weighted by Crippen LogP contribution is -2.09. The maximum absolute atomic E-state index is 11.9. The van der Waals surface area contributed by atoms with Gasteiger partial charge in [0.25, 0.3) is 0 Å². The fourth-order valence-electron chi connectivity index (χ4n) is 3.47. The number of hydrogen-bond donors (Lipinski definition) is 2. The van der Waals surface area contributed by atoms with E-state index in [0.717, 1.165) is 6.08 Å². The predicted octanol–water partition coefficient (Wildman–Crippen LogP) is 6.32. The van der Waals surface area contributed by atoms with Crippen LogP contribution >= 0.6 is 0 Å². The van der Waals surface area contributed by atoms with Crippen molar-refractivity contribution in [2.24, 2.45) is 17.8 Å². The first kappa shape index (κ1) is 29.7. The average Bonchev–Trinajstić information content (AvgIpc) is 2.82. The highest BCUT2D eigenvalue weighted by atomic mass is 16.5. The van der Waals surface area contributed by atoms with Crippen LogP contribution < -0.4 is 14.2 Å². The maximum Gasteiger partial charge on any atom is 0.328 e. The van der Waals surface area contributed by atoms with Gasteiger partial charge in [-0.05, 0) is 65.1 Å². The molecule has 0 saturated heterocycles. The smallest absolute Gasteiger partial charge is 0.328 e. The normalized spacial score (nSPS) is 11.8. The average molecular weight is 513 g/mol. The van der Waals surface area contributed by atoms with Crippen molar-refractivity contribution in [2.75, 3.05) is 19.8 Å². The van der Waals surface area contributed by atoms with E-state index in [9.17, 15) is 19.8 Å². The number of aryl methyl sites for hydroxylation is 1. The number of ether oxygens (including phenoxy) is 3. The van der Waals surface area contributed by atoms with Gasteiger partial charge in [0, 0.05) is 24.1 Å². The van der Waals surface area contributed by atoms with Gasteiger partial charge in [0.05, 0.1) is 19.8 Å². The van der Waals surface area contributed by atoms with Crippen molar-refractivity contribution in [3.63, 3.8) is 0 Å². The number of hydrogen-bond acceptors (Lipinski definition) is 5. The third-order valence-electron chi connectivity index (χ3n) is 5.22. The van der Waals surface area contributed by atoms with Crippen LogP contribution in [0.3, 0.4) is 0 Å². The van der Waals surface area contributed by atoms with E-state index in [4.69, 9.17) is 14.2 Å². The monoisotopic (exact) mass is 512 g/mol. The molecule has 0 unspecified atom stereocenters. The molecule has 7 nitrogen and oxygen atoms in total. The van der Waals surface area contributed by atoms with Crippen molar-refractivity contribution in [3.05, 3.63) is 59.2 Å². The summed E-state index contributed by atoms with van der Waals surface area (Å²) in [6.45, 7) is 13.8. The molecule has 0 saturated carbocycles. The van der Waals surface area contributed by atoms with Gasteiger partial charge in [-0.3, -0.25) is 4.79 Å². The van der Waals surface area contributed by atoms with Crippen molar-refractivity contribution < 1.29 is 34.0 Å². The molecule has 202 valence electrons. The van der Waals surface area contributed by atoms with Crippen molar-refractivity contribution >= 4 is 17.5 Å². The van der Waals surface area contributed by atoms with E-state index >= 15 is 0 Å². The molecule has 0 spiro atoms. The molecule has 0 amide bonds. The number of rotatable bonds is 15. The van der Waals surface area contributed by atoms with Gasteiger partial charge in [-0.25, -0.2) is 4.79 Å². The summed E-state index contributed by atoms with van der Waals surface area (Å²) < 4.78 is 17.9. The lowest BCUT2D eigenvalue weighted by Gasteiger charge is -2.19. The van der Waals surface area contributed by atoms with E-state index in [1.807, 2.05) is 33.8 Å². The van der Waals surface area contributed by atoms with Gasteiger partial charge in [0.1, 0.15) is 17.2 Å². The Balaban J connectivity index is 2.59. The lowest BCUT2D eigenvalue weighted by molar-refractivity contribution is -0.137. The Morgan fingerprint density at radius 3 is 1.95 bits per heavy atom. The van der Waals surface area contributed by atoms with Crippen molar-refractivity contribution in [1.29, 1.82) is 0 Å². The number of aliphatic carboxylic acids is 2. The number of carboxylic acids is 2. The summed E-state index contributed by atoms with van der Waals surface area (Å²) in [6.07, 6.45) is 1.34. The van der Waals surface area contributed by atoms with Crippen LogP contribution in [0.1, 0.15) is 64.7 Å². The van der Waals surface area contributed by atoms with Crippen LogP contribution in [0.2, 0.25) is 0 Å². The van der Waals surface area contributed by atoms with E-state index in [1.54, 1.807) is 30.3 Å². The van der Waals surface area contributed by atoms with Gasteiger partial charge < -0.3 is 24.4 Å². The van der Waals surface area contributed by atoms with Crippen LogP contribution in [0, 0.1) is 17.8 Å². The molecule has 2 rings (SSSR count). The van der Waals surface area contributed by atoms with Crippen molar-refractivity contribution in [3.8, 4) is 17.2 Å². The standard InChI is InChI=1S/C30H40O7/c1-19(2)16-35-24-9-10-25(28(14-24)37-18-21(5)6)26(15-30(33)34)22-7-11-27(36-17-20(3)4)23(13-22)8-12-29(31)32/h7,9-11,13-15,19-21H,8,12,16-18H2,1-6H3,(H,31,32)(H,33,34)/b26-15-. The predicted molar refractivity (Wildman–Crippen MR) is 145 cm³/mol. The minimum Gasteiger partial charge on any atom is -0.493 e. The fourth-order valence-corrected chi connectivity index (χ4v) is 3.47. The number of benzene rings is 2. The zero-order valence-electron chi connectivity index (χ0n) is 22.7. The Labute approximate surface area is 220 Å². The minimum absolute atomic E-state index is 0.0654. The highest BCUT2D eigenvalue weighted by Gasteiger charge is 2.18. The molecule has 2 N–H and O–H groups in total. The largest absolute Gasteiger partial charge is 0.493 e. The van der Waals surface area contributed by atoms with Gasteiger partial charge >= 0.3 is 11.9 Å². The third-order valence-corrected chi connectivity index (χ3v) is 5.22. The van der Waals surface area contributed by atoms with Crippen molar-refractivity contribution in [1.82, 2.24) is 0 Å². The van der Waals surface area contributed by atoms with E-state index in [2.05, 4.69) is 13.8 Å². The molecule has 0 bridgehead atoms. The summed E-state index contributed by atoms with van der Waals surface area (Å²) in [5.74, 6) is 0.664. The molecule has 0 heterocycles. The van der Waals surface area contributed by atoms with Crippen molar-refractivity contribution in [2.45, 2.75) is 54.4 Å². The Hall–Kier alpha value is -3.48. The van der Waals surface area contributed by atoms with Crippen LogP contribution in [-0.4, -0.2) is 42.0 Å². The Kier molecular flexibility index (Phi) is 11.5. The summed E-state index contributed by atoms with van der Waals surface area (Å²) in [5, 5.41) is 19.0. The minimum atomic E-state index is -1.10. The van der Waals surface area contributed by atoms with Crippen LogP contribution in [0.25, 0.3) is 5.57 Å². The number of carboxylic acid groups (broad SMARTS) is 2. The Bertz CT molecular complexity index is 1080. The molecule has 0 aromatic heterocycles. The zero-order valence-corrected chi connectivity index (χ0v) is 22.7. The van der Waals surface area contributed by atoms with E-state index < -0.39 is 11.9 Å². The highest BCUT2D eigenvalue weighted by molar-refractivity contribution is 5.96. The Morgan fingerprint density at radius 2 is 1.38 bits per heavy atom. The molecule has 0 atom stereocenters. The van der Waals surface area contributed by atoms with Gasteiger partial charge in [0.2, 0.25) is 0 Å². The molecule has 0 aliphatic rings. The van der Waals surface area contributed by atoms with Gasteiger partial charge in [-0.15, -0.1) is 0 Å². The fraction of sp³-hybridized carbons (Fsp3) is 0.467. The molecule has 37 heavy (non-hydrogen) atoms. The first-order valence-corrected chi connectivity index (χ1v) is 12.8. The molecule has 0 fully saturated rings. The van der Waals surface area contributed by atoms with E-state index in [1.165, 1.54) is 0 Å². The van der Waals surface area contributed by atoms with Gasteiger partial charge in [-0.1, -0.05) is 47.6 Å². The topological polar surface area (TPSA) is 102 Å². The summed E-state index contributed by atoms with van der Waals surface area (Å²) in [6, 6.07) is 10.8. The molecule has 0 aliphatic carbocycles. The maximum atomic E-state index is 11.9. The number of carbonyl (C=O) groups is 2. The first-order valence-electron chi connectivity index (χ1n) is 12.8. The molecule has 0 radical (unpaired) electrons. The van der Waals surface area contributed by atoms with Gasteiger partial charge in [0.15, 0.2) is 0 Å². The second-order valence-corrected chi connectivity index (χ2v) is 10.4. The second-order valence-electron chi connectivity index (χ2n) is 10.4. The third kappa shape index (κ3) is 10.2. The molecular formula is C30H40O7. The lowest BCUT2D eigenvalue weighted by atomic mass is 9.93. The molecule has 7 heteroatoms. The van der Waals surface area contributed by atoms with Crippen LogP contribution in [-0.2, 0) is 16.0 Å². The molecule has 2 aromatic carbocycles. The second kappa shape index (κ2) is 14.3. The SMILES string of the molecule is CC(C)COc1ccc(/C(=C\C(=O)O)c2ccc(OCC(C)C)c(CCC(=O)O)c2)c(OCC(C)C)c1. The quantitative estimate of drug-likeness (QED) is 0.269. The molecular weight excluding hydrogens is 472 g/mol. The Morgan fingerprint density at radius 1 is 0.784 bits per heavy atom. The van der Waals surface area contributed by atoms with Crippen LogP contribution in [0.5, 0.6) is 17.2 Å². The van der Waals surface area contributed by atoms with Gasteiger partial charge in [-0.2, -0.15) is 0 Å². The molecule has 0 aliphatic heterocycles. The first-order chi connectivity index (χ1) is 17.5. The van der Waals surface area contributed by atoms with E-state index in [-0.39, 0.29) is 18.8 Å². The summed E-state index contributed by atoms with van der Waals surface area (Å²) in [7, 11) is 0.